The summed E-state index contributed by atoms with van der Waals surface area (Å²) >= 11 is 0. The Morgan fingerprint density at radius 2 is 1.79 bits per heavy atom. The number of rotatable bonds is 4. The number of nitrogens with one attached hydrogen (secondary N) is 2. The van der Waals surface area contributed by atoms with Gasteiger partial charge in [0.25, 0.3) is 11.8 Å². The molecule has 2 N–H and O–H groups in total. The van der Waals surface area contributed by atoms with Crippen molar-refractivity contribution in [3.63, 3.8) is 0 Å². The van der Waals surface area contributed by atoms with Crippen LogP contribution in [0.25, 0.3) is 0 Å². The molecule has 2 rings (SSSR count). The summed E-state index contributed by atoms with van der Waals surface area (Å²) in [4.78, 5) is 23.5. The quantitative estimate of drug-likeness (QED) is 0.835. The summed E-state index contributed by atoms with van der Waals surface area (Å²) in [5.41, 5.74) is 4.65. The zero-order valence-corrected chi connectivity index (χ0v) is 12.7. The van der Waals surface area contributed by atoms with E-state index >= 15 is 0 Å². The zero-order valence-electron chi connectivity index (χ0n) is 12.7. The number of nitrogens with zero attached hydrogens (tertiary/aromatic N) is 2. The fraction of sp³-hybridized carbons (Fsp3) is 0.267. The SMILES string of the molecule is CCc1ccc(C(=O)NNC(=O)Cn2ccc(C(F)(F)F)n2)cc1. The number of carbonyl (C=O) groups is 2. The number of benzene rings is 1. The molecule has 0 aliphatic rings. The van der Waals surface area contributed by atoms with E-state index in [1.165, 1.54) is 0 Å². The lowest BCUT2D eigenvalue weighted by atomic mass is 10.1. The lowest BCUT2D eigenvalue weighted by molar-refractivity contribution is -0.141. The van der Waals surface area contributed by atoms with Crippen molar-refractivity contribution in [1.29, 1.82) is 0 Å². The van der Waals surface area contributed by atoms with Crippen LogP contribution < -0.4 is 10.9 Å². The van der Waals surface area contributed by atoms with Crippen molar-refractivity contribution in [3.8, 4) is 0 Å². The lowest BCUT2D eigenvalue weighted by Gasteiger charge is -2.08. The van der Waals surface area contributed by atoms with Gasteiger partial charge in [0.2, 0.25) is 0 Å². The van der Waals surface area contributed by atoms with Gasteiger partial charge >= 0.3 is 6.18 Å². The molecule has 0 saturated heterocycles. The van der Waals surface area contributed by atoms with Crippen LogP contribution in [0.1, 0.15) is 28.5 Å². The molecule has 2 aromatic rings. The maximum absolute atomic E-state index is 12.4. The molecule has 6 nitrogen and oxygen atoms in total. The highest BCUT2D eigenvalue weighted by molar-refractivity contribution is 5.95. The molecule has 1 heterocycles. The number of aromatic nitrogens is 2. The van der Waals surface area contributed by atoms with E-state index in [9.17, 15) is 22.8 Å². The molecule has 0 atom stereocenters. The Balaban J connectivity index is 1.86. The number of aryl methyl sites for hydroxylation is 1. The van der Waals surface area contributed by atoms with Gasteiger partial charge in [-0.15, -0.1) is 0 Å². The summed E-state index contributed by atoms with van der Waals surface area (Å²) in [5, 5.41) is 3.24. The average molecular weight is 340 g/mol. The summed E-state index contributed by atoms with van der Waals surface area (Å²) in [7, 11) is 0. The Morgan fingerprint density at radius 1 is 1.12 bits per heavy atom. The molecule has 0 aliphatic carbocycles. The van der Waals surface area contributed by atoms with Crippen LogP contribution in [0.2, 0.25) is 0 Å². The summed E-state index contributed by atoms with van der Waals surface area (Å²) < 4.78 is 38.0. The molecule has 2 amide bonds. The highest BCUT2D eigenvalue weighted by Gasteiger charge is 2.33. The third-order valence-electron chi connectivity index (χ3n) is 3.18. The molecule has 0 bridgehead atoms. The van der Waals surface area contributed by atoms with Crippen molar-refractivity contribution < 1.29 is 22.8 Å². The monoisotopic (exact) mass is 340 g/mol. The van der Waals surface area contributed by atoms with E-state index in [0.717, 1.165) is 28.9 Å². The molecule has 0 unspecified atom stereocenters. The number of amides is 2. The average Bonchev–Trinajstić information content (AvgIpc) is 3.01. The molecule has 0 radical (unpaired) electrons. The van der Waals surface area contributed by atoms with Crippen molar-refractivity contribution in [1.82, 2.24) is 20.6 Å². The van der Waals surface area contributed by atoms with Crippen LogP contribution in [0.3, 0.4) is 0 Å². The zero-order chi connectivity index (χ0) is 17.7. The second-order valence-corrected chi connectivity index (χ2v) is 4.95. The summed E-state index contributed by atoms with van der Waals surface area (Å²) in [6.45, 7) is 1.53. The molecule has 128 valence electrons. The van der Waals surface area contributed by atoms with Gasteiger partial charge in [-0.3, -0.25) is 25.1 Å². The van der Waals surface area contributed by atoms with Crippen molar-refractivity contribution in [2.45, 2.75) is 26.1 Å². The first-order valence-electron chi connectivity index (χ1n) is 7.08. The molecule has 0 aliphatic heterocycles. The Hall–Kier alpha value is -2.84. The molecule has 1 aromatic heterocycles. The van der Waals surface area contributed by atoms with E-state index in [4.69, 9.17) is 0 Å². The van der Waals surface area contributed by atoms with Gasteiger partial charge in [-0.2, -0.15) is 18.3 Å². The van der Waals surface area contributed by atoms with E-state index < -0.39 is 30.2 Å². The molecular formula is C15H15F3N4O2. The van der Waals surface area contributed by atoms with Gasteiger partial charge in [-0.25, -0.2) is 0 Å². The highest BCUT2D eigenvalue weighted by Crippen LogP contribution is 2.27. The predicted octanol–water partition coefficient (Wildman–Crippen LogP) is 1.93. The maximum Gasteiger partial charge on any atom is 0.435 e. The first-order chi connectivity index (χ1) is 11.3. The molecule has 9 heteroatoms. The van der Waals surface area contributed by atoms with E-state index in [1.54, 1.807) is 24.3 Å². The number of alkyl halides is 3. The fourth-order valence-corrected chi connectivity index (χ4v) is 1.88. The number of hydrogen-bond donors (Lipinski definition) is 2. The van der Waals surface area contributed by atoms with Crippen molar-refractivity contribution in [2.24, 2.45) is 0 Å². The smallest absolute Gasteiger partial charge is 0.271 e. The van der Waals surface area contributed by atoms with Gasteiger partial charge in [0.05, 0.1) is 0 Å². The number of hydrogen-bond acceptors (Lipinski definition) is 3. The first-order valence-corrected chi connectivity index (χ1v) is 7.08. The Bertz CT molecular complexity index is 723. The summed E-state index contributed by atoms with van der Waals surface area (Å²) in [5.74, 6) is -1.23. The molecule has 0 saturated carbocycles. The van der Waals surface area contributed by atoms with Gasteiger partial charge < -0.3 is 0 Å². The van der Waals surface area contributed by atoms with E-state index in [0.29, 0.717) is 5.56 Å². The minimum absolute atomic E-state index is 0.353. The van der Waals surface area contributed by atoms with Crippen LogP contribution in [0.4, 0.5) is 13.2 Å². The van der Waals surface area contributed by atoms with Crippen LogP contribution in [0, 0.1) is 0 Å². The minimum Gasteiger partial charge on any atom is -0.271 e. The lowest BCUT2D eigenvalue weighted by Crippen LogP contribution is -2.43. The topological polar surface area (TPSA) is 76.0 Å². The molecule has 24 heavy (non-hydrogen) atoms. The molecule has 1 aromatic carbocycles. The van der Waals surface area contributed by atoms with Gasteiger partial charge in [0.1, 0.15) is 6.54 Å². The largest absolute Gasteiger partial charge is 0.435 e. The fourth-order valence-electron chi connectivity index (χ4n) is 1.88. The third kappa shape index (κ3) is 4.58. The normalized spacial score (nSPS) is 11.2. The maximum atomic E-state index is 12.4. The number of halogens is 3. The Labute approximate surface area is 135 Å². The van der Waals surface area contributed by atoms with Gasteiger partial charge in [0.15, 0.2) is 5.69 Å². The number of hydrazine groups is 1. The standard InChI is InChI=1S/C15H15F3N4O2/c1-2-10-3-5-11(6-4-10)14(24)20-19-13(23)9-22-8-7-12(21-22)15(16,17)18/h3-8H,2,9H2,1H3,(H,19,23)(H,20,24). The molecule has 0 fully saturated rings. The predicted molar refractivity (Wildman–Crippen MR) is 78.7 cm³/mol. The Morgan fingerprint density at radius 3 is 2.33 bits per heavy atom. The van der Waals surface area contributed by atoms with Crippen molar-refractivity contribution in [2.75, 3.05) is 0 Å². The van der Waals surface area contributed by atoms with E-state index in [2.05, 4.69) is 16.0 Å². The van der Waals surface area contributed by atoms with Crippen molar-refractivity contribution in [3.05, 3.63) is 53.3 Å². The third-order valence-corrected chi connectivity index (χ3v) is 3.18. The van der Waals surface area contributed by atoms with Gasteiger partial charge in [-0.1, -0.05) is 19.1 Å². The van der Waals surface area contributed by atoms with E-state index in [1.807, 2.05) is 6.92 Å². The summed E-state index contributed by atoms with van der Waals surface area (Å²) in [6, 6.07) is 7.58. The molecular weight excluding hydrogens is 325 g/mol. The van der Waals surface area contributed by atoms with Crippen molar-refractivity contribution >= 4 is 11.8 Å². The molecule has 0 spiro atoms. The second-order valence-electron chi connectivity index (χ2n) is 4.95. The van der Waals surface area contributed by atoms with E-state index in [-0.39, 0.29) is 0 Å². The van der Waals surface area contributed by atoms with Crippen LogP contribution in [0.15, 0.2) is 36.5 Å². The summed E-state index contributed by atoms with van der Waals surface area (Å²) in [6.07, 6.45) is -2.70. The van der Waals surface area contributed by atoms with Crippen LogP contribution in [0.5, 0.6) is 0 Å². The first kappa shape index (κ1) is 17.5. The minimum atomic E-state index is -4.57. The van der Waals surface area contributed by atoms with Gasteiger partial charge in [-0.05, 0) is 30.2 Å². The highest BCUT2D eigenvalue weighted by atomic mass is 19.4. The Kier molecular flexibility index (Phi) is 5.22. The second kappa shape index (κ2) is 7.16. The number of carbonyl (C=O) groups excluding carboxylic acids is 2. The van der Waals surface area contributed by atoms with Crippen LogP contribution in [-0.4, -0.2) is 21.6 Å². The van der Waals surface area contributed by atoms with Crippen LogP contribution in [-0.2, 0) is 23.9 Å². The van der Waals surface area contributed by atoms with Gasteiger partial charge in [0, 0.05) is 11.8 Å². The van der Waals surface area contributed by atoms with Crippen LogP contribution >= 0.6 is 0 Å².